The molecule has 2 aromatic rings. The molecule has 1 aliphatic carbocycles. The van der Waals surface area contributed by atoms with Crippen LogP contribution in [0.3, 0.4) is 0 Å². The van der Waals surface area contributed by atoms with E-state index in [1.54, 1.807) is 18.6 Å². The van der Waals surface area contributed by atoms with E-state index in [4.69, 9.17) is 4.74 Å². The summed E-state index contributed by atoms with van der Waals surface area (Å²) >= 11 is 1.55. The fraction of sp³-hybridized carbons (Fsp3) is 0.636. The van der Waals surface area contributed by atoms with Gasteiger partial charge in [0.25, 0.3) is 0 Å². The second-order valence-corrected chi connectivity index (χ2v) is 9.66. The standard InChI is InChI=1S/C22H30N4OS/c1-16-23-21(28-24-16)26-14-22(15-26)10-7-18(13-22)25-11-8-17(9-12-25)19-5-3-4-6-20(19)27-2/h3-6,17-18H,7-15H2,1-2H3. The fourth-order valence-electron chi connectivity index (χ4n) is 5.67. The number of likely N-dealkylation sites (tertiary alicyclic amines) is 1. The van der Waals surface area contributed by atoms with Gasteiger partial charge in [-0.05, 0) is 69.7 Å². The predicted octanol–water partition coefficient (Wildman–Crippen LogP) is 4.09. The van der Waals surface area contributed by atoms with Crippen molar-refractivity contribution in [1.29, 1.82) is 0 Å². The van der Waals surface area contributed by atoms with E-state index < -0.39 is 0 Å². The minimum Gasteiger partial charge on any atom is -0.496 e. The summed E-state index contributed by atoms with van der Waals surface area (Å²) in [5.41, 5.74) is 1.93. The second kappa shape index (κ2) is 7.30. The van der Waals surface area contributed by atoms with Crippen molar-refractivity contribution in [2.24, 2.45) is 5.41 Å². The predicted molar refractivity (Wildman–Crippen MR) is 113 cm³/mol. The van der Waals surface area contributed by atoms with E-state index >= 15 is 0 Å². The molecule has 0 bridgehead atoms. The second-order valence-electron chi connectivity index (χ2n) is 8.93. The van der Waals surface area contributed by atoms with E-state index in [1.165, 1.54) is 63.8 Å². The van der Waals surface area contributed by atoms with E-state index in [1.807, 2.05) is 6.92 Å². The van der Waals surface area contributed by atoms with Gasteiger partial charge in [0, 0.05) is 36.1 Å². The van der Waals surface area contributed by atoms with Gasteiger partial charge < -0.3 is 14.5 Å². The summed E-state index contributed by atoms with van der Waals surface area (Å²) in [6, 6.07) is 9.34. The Bertz CT molecular complexity index is 823. The highest BCUT2D eigenvalue weighted by Crippen LogP contribution is 2.49. The summed E-state index contributed by atoms with van der Waals surface area (Å²) in [6.07, 6.45) is 6.60. The fourth-order valence-corrected chi connectivity index (χ4v) is 6.34. The summed E-state index contributed by atoms with van der Waals surface area (Å²) in [5, 5.41) is 1.11. The van der Waals surface area contributed by atoms with Crippen LogP contribution in [-0.4, -0.2) is 53.6 Å². The first-order valence-corrected chi connectivity index (χ1v) is 11.4. The van der Waals surface area contributed by atoms with E-state index in [2.05, 4.69) is 43.4 Å². The topological polar surface area (TPSA) is 41.5 Å². The van der Waals surface area contributed by atoms with Crippen molar-refractivity contribution in [1.82, 2.24) is 14.3 Å². The smallest absolute Gasteiger partial charge is 0.205 e. The lowest BCUT2D eigenvalue weighted by Crippen LogP contribution is -2.56. The van der Waals surface area contributed by atoms with Crippen molar-refractivity contribution in [3.05, 3.63) is 35.7 Å². The molecule has 150 valence electrons. The first-order valence-electron chi connectivity index (χ1n) is 10.6. The molecule has 1 atom stereocenters. The van der Waals surface area contributed by atoms with Gasteiger partial charge in [0.15, 0.2) is 0 Å². The molecular formula is C22H30N4OS. The molecule has 1 spiro atoms. The van der Waals surface area contributed by atoms with Crippen molar-refractivity contribution in [3.8, 4) is 5.75 Å². The van der Waals surface area contributed by atoms with E-state index in [9.17, 15) is 0 Å². The number of aryl methyl sites for hydroxylation is 1. The van der Waals surface area contributed by atoms with Crippen LogP contribution in [0, 0.1) is 12.3 Å². The molecule has 3 fully saturated rings. The monoisotopic (exact) mass is 398 g/mol. The Morgan fingerprint density at radius 2 is 1.93 bits per heavy atom. The highest BCUT2D eigenvalue weighted by atomic mass is 32.1. The summed E-state index contributed by atoms with van der Waals surface area (Å²) in [4.78, 5) is 9.77. The summed E-state index contributed by atoms with van der Waals surface area (Å²) in [5.74, 6) is 2.60. The van der Waals surface area contributed by atoms with E-state index in [0.29, 0.717) is 11.3 Å². The third-order valence-electron chi connectivity index (χ3n) is 7.14. The van der Waals surface area contributed by atoms with Crippen LogP contribution in [0.2, 0.25) is 0 Å². The number of nitrogens with zero attached hydrogens (tertiary/aromatic N) is 4. The molecule has 1 unspecified atom stereocenters. The minimum atomic E-state index is 0.531. The Hall–Kier alpha value is -1.66. The van der Waals surface area contributed by atoms with Crippen molar-refractivity contribution >= 4 is 16.7 Å². The highest BCUT2D eigenvalue weighted by Gasteiger charge is 2.50. The molecule has 0 amide bonds. The van der Waals surface area contributed by atoms with Crippen molar-refractivity contribution in [3.63, 3.8) is 0 Å². The molecular weight excluding hydrogens is 368 g/mol. The van der Waals surface area contributed by atoms with Crippen molar-refractivity contribution in [2.75, 3.05) is 38.2 Å². The highest BCUT2D eigenvalue weighted by molar-refractivity contribution is 7.09. The van der Waals surface area contributed by atoms with Crippen LogP contribution in [0.4, 0.5) is 5.13 Å². The average molecular weight is 399 g/mol. The van der Waals surface area contributed by atoms with Gasteiger partial charge in [-0.1, -0.05) is 18.2 Å². The molecule has 3 heterocycles. The summed E-state index contributed by atoms with van der Waals surface area (Å²) in [6.45, 7) is 6.78. The Morgan fingerprint density at radius 1 is 1.14 bits per heavy atom. The van der Waals surface area contributed by atoms with Crippen LogP contribution < -0.4 is 9.64 Å². The number of methoxy groups -OCH3 is 1. The number of ether oxygens (including phenoxy) is 1. The molecule has 28 heavy (non-hydrogen) atoms. The minimum absolute atomic E-state index is 0.531. The number of anilines is 1. The quantitative estimate of drug-likeness (QED) is 0.776. The Balaban J connectivity index is 1.15. The molecule has 5 nitrogen and oxygen atoms in total. The normalized spacial score (nSPS) is 25.2. The zero-order valence-electron chi connectivity index (χ0n) is 16.9. The third-order valence-corrected chi connectivity index (χ3v) is 8.01. The van der Waals surface area contributed by atoms with Gasteiger partial charge in [-0.15, -0.1) is 0 Å². The number of piperidine rings is 1. The number of para-hydroxylation sites is 1. The Kier molecular flexibility index (Phi) is 4.79. The molecule has 6 heteroatoms. The summed E-state index contributed by atoms with van der Waals surface area (Å²) in [7, 11) is 1.79. The first kappa shape index (κ1) is 18.4. The van der Waals surface area contributed by atoms with Crippen LogP contribution in [0.15, 0.2) is 24.3 Å². The van der Waals surface area contributed by atoms with Gasteiger partial charge in [0.1, 0.15) is 11.6 Å². The van der Waals surface area contributed by atoms with E-state index in [0.717, 1.165) is 22.7 Å². The Labute approximate surface area is 171 Å². The zero-order chi connectivity index (χ0) is 19.1. The molecule has 0 radical (unpaired) electrons. The van der Waals surface area contributed by atoms with Crippen molar-refractivity contribution < 1.29 is 4.74 Å². The largest absolute Gasteiger partial charge is 0.496 e. The third kappa shape index (κ3) is 3.30. The number of rotatable bonds is 4. The lowest BCUT2D eigenvalue weighted by molar-refractivity contribution is 0.131. The molecule has 1 aromatic heterocycles. The van der Waals surface area contributed by atoms with Gasteiger partial charge in [0.2, 0.25) is 5.13 Å². The molecule has 2 aliphatic heterocycles. The van der Waals surface area contributed by atoms with Crippen LogP contribution in [0.5, 0.6) is 5.75 Å². The van der Waals surface area contributed by atoms with Crippen LogP contribution >= 0.6 is 11.5 Å². The number of aromatic nitrogens is 2. The maximum atomic E-state index is 5.60. The van der Waals surface area contributed by atoms with Gasteiger partial charge in [-0.3, -0.25) is 0 Å². The summed E-state index contributed by atoms with van der Waals surface area (Å²) < 4.78 is 9.93. The molecule has 2 saturated heterocycles. The maximum Gasteiger partial charge on any atom is 0.205 e. The van der Waals surface area contributed by atoms with Gasteiger partial charge >= 0.3 is 0 Å². The van der Waals surface area contributed by atoms with Crippen LogP contribution in [0.25, 0.3) is 0 Å². The van der Waals surface area contributed by atoms with Gasteiger partial charge in [-0.2, -0.15) is 4.37 Å². The van der Waals surface area contributed by atoms with Crippen molar-refractivity contribution in [2.45, 2.75) is 51.0 Å². The molecule has 1 saturated carbocycles. The average Bonchev–Trinajstić information content (AvgIpc) is 3.34. The molecule has 1 aromatic carbocycles. The lowest BCUT2D eigenvalue weighted by atomic mass is 9.78. The zero-order valence-corrected chi connectivity index (χ0v) is 17.7. The Morgan fingerprint density at radius 3 is 2.64 bits per heavy atom. The molecule has 5 rings (SSSR count). The van der Waals surface area contributed by atoms with Gasteiger partial charge in [0.05, 0.1) is 7.11 Å². The SMILES string of the molecule is COc1ccccc1C1CCN(C2CCC3(C2)CN(c2nc(C)ns2)C3)CC1. The van der Waals surface area contributed by atoms with Gasteiger partial charge in [-0.25, -0.2) is 4.98 Å². The number of benzene rings is 1. The number of hydrogen-bond donors (Lipinski definition) is 0. The number of hydrogen-bond acceptors (Lipinski definition) is 6. The van der Waals surface area contributed by atoms with Crippen LogP contribution in [-0.2, 0) is 0 Å². The lowest BCUT2D eigenvalue weighted by Gasteiger charge is -2.48. The maximum absolute atomic E-state index is 5.60. The molecule has 0 N–H and O–H groups in total. The first-order chi connectivity index (χ1) is 13.7. The van der Waals surface area contributed by atoms with E-state index in [-0.39, 0.29) is 0 Å². The molecule has 3 aliphatic rings. The van der Waals surface area contributed by atoms with Crippen LogP contribution in [0.1, 0.15) is 49.4 Å².